The van der Waals surface area contributed by atoms with Crippen molar-refractivity contribution in [2.75, 3.05) is 7.05 Å². The zero-order valence-electron chi connectivity index (χ0n) is 7.84. The summed E-state index contributed by atoms with van der Waals surface area (Å²) in [6.07, 6.45) is 0. The predicted octanol–water partition coefficient (Wildman–Crippen LogP) is 0.479. The molecule has 12 heavy (non-hydrogen) atoms. The lowest BCUT2D eigenvalue weighted by Crippen LogP contribution is -2.41. The highest BCUT2D eigenvalue weighted by atomic mass is 16.4. The Hall–Kier alpha value is -1.06. The molecule has 1 unspecified atom stereocenters. The van der Waals surface area contributed by atoms with Crippen LogP contribution in [-0.2, 0) is 9.59 Å². The number of rotatable bonds is 2. The molecule has 2 N–H and O–H groups in total. The standard InChI is InChI=1S/C8H15NO3/c1-8(2,3)5(7(11)12)6(10)9-4/h5H,1-4H3,(H,9,10)(H,11,12). The molecule has 0 aromatic heterocycles. The number of hydrogen-bond donors (Lipinski definition) is 2. The molecule has 0 aliphatic carbocycles. The largest absolute Gasteiger partial charge is 0.481 e. The Labute approximate surface area is 72.0 Å². The molecule has 0 saturated carbocycles. The first-order chi connectivity index (χ1) is 5.30. The van der Waals surface area contributed by atoms with Gasteiger partial charge >= 0.3 is 5.97 Å². The van der Waals surface area contributed by atoms with E-state index in [1.165, 1.54) is 7.05 Å². The van der Waals surface area contributed by atoms with E-state index >= 15 is 0 Å². The van der Waals surface area contributed by atoms with E-state index in [1.54, 1.807) is 20.8 Å². The number of nitrogens with one attached hydrogen (secondary N) is 1. The molecule has 1 atom stereocenters. The van der Waals surface area contributed by atoms with Gasteiger partial charge in [0.1, 0.15) is 5.92 Å². The van der Waals surface area contributed by atoms with Crippen molar-refractivity contribution in [2.45, 2.75) is 20.8 Å². The molecule has 0 aliphatic heterocycles. The van der Waals surface area contributed by atoms with Crippen molar-refractivity contribution in [3.8, 4) is 0 Å². The number of carboxylic acid groups (broad SMARTS) is 1. The zero-order chi connectivity index (χ0) is 9.94. The van der Waals surface area contributed by atoms with Crippen LogP contribution in [0.5, 0.6) is 0 Å². The maximum absolute atomic E-state index is 11.1. The molecule has 0 fully saturated rings. The first kappa shape index (κ1) is 10.9. The molecular weight excluding hydrogens is 158 g/mol. The van der Waals surface area contributed by atoms with E-state index in [2.05, 4.69) is 5.32 Å². The van der Waals surface area contributed by atoms with Gasteiger partial charge in [0.15, 0.2) is 0 Å². The Morgan fingerprint density at radius 2 is 1.75 bits per heavy atom. The molecule has 0 aliphatic rings. The first-order valence-corrected chi connectivity index (χ1v) is 3.75. The van der Waals surface area contributed by atoms with E-state index in [0.717, 1.165) is 0 Å². The van der Waals surface area contributed by atoms with Gasteiger partial charge < -0.3 is 10.4 Å². The lowest BCUT2D eigenvalue weighted by Gasteiger charge is -2.25. The van der Waals surface area contributed by atoms with E-state index in [9.17, 15) is 9.59 Å². The molecule has 0 radical (unpaired) electrons. The summed E-state index contributed by atoms with van der Waals surface area (Å²) < 4.78 is 0. The summed E-state index contributed by atoms with van der Waals surface area (Å²) in [6, 6.07) is 0. The fourth-order valence-corrected chi connectivity index (χ4v) is 1.02. The fraction of sp³-hybridized carbons (Fsp3) is 0.750. The van der Waals surface area contributed by atoms with E-state index in [1.807, 2.05) is 0 Å². The van der Waals surface area contributed by atoms with Gasteiger partial charge in [-0.15, -0.1) is 0 Å². The Morgan fingerprint density at radius 1 is 1.33 bits per heavy atom. The number of carbonyl (C=O) groups is 2. The van der Waals surface area contributed by atoms with Gasteiger partial charge in [-0.3, -0.25) is 9.59 Å². The number of hydrogen-bond acceptors (Lipinski definition) is 2. The van der Waals surface area contributed by atoms with Crippen LogP contribution in [0.4, 0.5) is 0 Å². The van der Waals surface area contributed by atoms with Crippen molar-refractivity contribution in [3.05, 3.63) is 0 Å². The second kappa shape index (κ2) is 3.56. The molecule has 0 saturated heterocycles. The Bertz CT molecular complexity index is 193. The van der Waals surface area contributed by atoms with Gasteiger partial charge in [-0.1, -0.05) is 20.8 Å². The number of carbonyl (C=O) groups excluding carboxylic acids is 1. The lowest BCUT2D eigenvalue weighted by molar-refractivity contribution is -0.151. The summed E-state index contributed by atoms with van der Waals surface area (Å²) in [4.78, 5) is 21.8. The molecule has 4 heteroatoms. The summed E-state index contributed by atoms with van der Waals surface area (Å²) in [5.74, 6) is -2.51. The third-order valence-electron chi connectivity index (χ3n) is 1.62. The quantitative estimate of drug-likeness (QED) is 0.597. The zero-order valence-corrected chi connectivity index (χ0v) is 7.84. The molecule has 0 heterocycles. The van der Waals surface area contributed by atoms with Gasteiger partial charge in [0.2, 0.25) is 5.91 Å². The fourth-order valence-electron chi connectivity index (χ4n) is 1.02. The topological polar surface area (TPSA) is 66.4 Å². The third kappa shape index (κ3) is 2.53. The monoisotopic (exact) mass is 173 g/mol. The smallest absolute Gasteiger partial charge is 0.316 e. The SMILES string of the molecule is CNC(=O)C(C(=O)O)C(C)(C)C. The molecule has 0 aromatic carbocycles. The molecule has 1 amide bonds. The minimum Gasteiger partial charge on any atom is -0.481 e. The maximum atomic E-state index is 11.1. The molecule has 0 bridgehead atoms. The van der Waals surface area contributed by atoms with E-state index in [4.69, 9.17) is 5.11 Å². The first-order valence-electron chi connectivity index (χ1n) is 3.75. The number of aliphatic carboxylic acids is 1. The molecular formula is C8H15NO3. The van der Waals surface area contributed by atoms with Gasteiger partial charge in [-0.25, -0.2) is 0 Å². The van der Waals surface area contributed by atoms with Crippen LogP contribution < -0.4 is 5.32 Å². The van der Waals surface area contributed by atoms with Crippen LogP contribution >= 0.6 is 0 Å². The van der Waals surface area contributed by atoms with Crippen LogP contribution in [0.3, 0.4) is 0 Å². The third-order valence-corrected chi connectivity index (χ3v) is 1.62. The normalized spacial score (nSPS) is 13.7. The maximum Gasteiger partial charge on any atom is 0.316 e. The summed E-state index contributed by atoms with van der Waals surface area (Å²) in [5.41, 5.74) is -0.550. The Kier molecular flexibility index (Phi) is 3.24. The molecule has 4 nitrogen and oxygen atoms in total. The Morgan fingerprint density at radius 3 is 1.83 bits per heavy atom. The van der Waals surface area contributed by atoms with Crippen molar-refractivity contribution in [3.63, 3.8) is 0 Å². The molecule has 0 rings (SSSR count). The Balaban J connectivity index is 4.68. The van der Waals surface area contributed by atoms with E-state index < -0.39 is 23.2 Å². The highest BCUT2D eigenvalue weighted by Crippen LogP contribution is 2.25. The molecule has 0 spiro atoms. The lowest BCUT2D eigenvalue weighted by atomic mass is 9.80. The van der Waals surface area contributed by atoms with Crippen molar-refractivity contribution in [1.29, 1.82) is 0 Å². The van der Waals surface area contributed by atoms with Crippen molar-refractivity contribution < 1.29 is 14.7 Å². The number of amides is 1. The number of carboxylic acids is 1. The van der Waals surface area contributed by atoms with Gasteiger partial charge in [0.05, 0.1) is 0 Å². The second-order valence-electron chi connectivity index (χ2n) is 3.75. The van der Waals surface area contributed by atoms with Crippen molar-refractivity contribution in [2.24, 2.45) is 11.3 Å². The minimum absolute atomic E-state index is 0.449. The van der Waals surface area contributed by atoms with Crippen LogP contribution in [0.1, 0.15) is 20.8 Å². The van der Waals surface area contributed by atoms with Crippen LogP contribution in [0, 0.1) is 11.3 Å². The second-order valence-corrected chi connectivity index (χ2v) is 3.75. The van der Waals surface area contributed by atoms with Gasteiger partial charge in [0.25, 0.3) is 0 Å². The van der Waals surface area contributed by atoms with Crippen LogP contribution in [0.25, 0.3) is 0 Å². The summed E-state index contributed by atoms with van der Waals surface area (Å²) in [7, 11) is 1.43. The van der Waals surface area contributed by atoms with Gasteiger partial charge in [-0.2, -0.15) is 0 Å². The predicted molar refractivity (Wildman–Crippen MR) is 44.6 cm³/mol. The van der Waals surface area contributed by atoms with Crippen LogP contribution in [0.15, 0.2) is 0 Å². The van der Waals surface area contributed by atoms with Crippen molar-refractivity contribution in [1.82, 2.24) is 5.32 Å². The summed E-state index contributed by atoms with van der Waals surface area (Å²) >= 11 is 0. The summed E-state index contributed by atoms with van der Waals surface area (Å²) in [6.45, 7) is 5.17. The molecule has 0 aromatic rings. The van der Waals surface area contributed by atoms with E-state index in [-0.39, 0.29) is 0 Å². The van der Waals surface area contributed by atoms with Gasteiger partial charge in [0, 0.05) is 7.05 Å². The molecule has 70 valence electrons. The van der Waals surface area contributed by atoms with E-state index in [0.29, 0.717) is 0 Å². The average Bonchev–Trinajstić information content (AvgIpc) is 1.83. The average molecular weight is 173 g/mol. The minimum atomic E-state index is -1.08. The highest BCUT2D eigenvalue weighted by molar-refractivity contribution is 5.97. The van der Waals surface area contributed by atoms with Crippen LogP contribution in [-0.4, -0.2) is 24.0 Å². The van der Waals surface area contributed by atoms with Crippen molar-refractivity contribution >= 4 is 11.9 Å². The van der Waals surface area contributed by atoms with Gasteiger partial charge in [-0.05, 0) is 5.41 Å². The highest BCUT2D eigenvalue weighted by Gasteiger charge is 2.36. The van der Waals surface area contributed by atoms with Crippen LogP contribution in [0.2, 0.25) is 0 Å². The summed E-state index contributed by atoms with van der Waals surface area (Å²) in [5, 5.41) is 11.1.